The number of hydrogen-bond donors (Lipinski definition) is 3. The molecule has 154 valence electrons. The summed E-state index contributed by atoms with van der Waals surface area (Å²) in [6.07, 6.45) is 5.90. The number of pyridine rings is 1. The van der Waals surface area contributed by atoms with E-state index in [0.29, 0.717) is 24.4 Å². The predicted molar refractivity (Wildman–Crippen MR) is 103 cm³/mol. The van der Waals surface area contributed by atoms with Crippen LogP contribution in [-0.2, 0) is 14.4 Å². The molecule has 1 aromatic rings. The minimum Gasteiger partial charge on any atom is -0.478 e. The van der Waals surface area contributed by atoms with Gasteiger partial charge in [-0.2, -0.15) is 0 Å². The Kier molecular flexibility index (Phi) is 11.5. The highest BCUT2D eigenvalue weighted by molar-refractivity contribution is 6.69. The smallest absolute Gasteiger partial charge is 0.328 e. The van der Waals surface area contributed by atoms with Gasteiger partial charge in [0, 0.05) is 24.9 Å². The maximum Gasteiger partial charge on any atom is 0.328 e. The summed E-state index contributed by atoms with van der Waals surface area (Å²) in [5, 5.41) is 29.5. The third-order valence-corrected chi connectivity index (χ3v) is 3.84. The predicted octanol–water partition coefficient (Wildman–Crippen LogP) is 1.56. The first-order valence-corrected chi connectivity index (χ1v) is 9.07. The number of carboxylic acid groups (broad SMARTS) is 2. The highest BCUT2D eigenvalue weighted by atomic mass is 35.5. The molecule has 0 aliphatic carbocycles. The van der Waals surface area contributed by atoms with Gasteiger partial charge in [-0.25, -0.2) is 9.59 Å². The first kappa shape index (κ1) is 23.5. The SMILES string of the molecule is O=C(O)/C=C\C(=O)O.OC(CO/N=C(\Cl)c1ccccn1)CN1CCCCC1. The lowest BCUT2D eigenvalue weighted by molar-refractivity contribution is -0.134. The zero-order chi connectivity index (χ0) is 20.8. The maximum atomic E-state index is 9.89. The number of carbonyl (C=O) groups is 2. The molecule has 0 spiro atoms. The molecule has 1 fully saturated rings. The van der Waals surface area contributed by atoms with Crippen LogP contribution in [0.4, 0.5) is 0 Å². The highest BCUT2D eigenvalue weighted by Crippen LogP contribution is 2.09. The second-order valence-electron chi connectivity index (χ2n) is 5.92. The van der Waals surface area contributed by atoms with E-state index in [0.717, 1.165) is 13.1 Å². The highest BCUT2D eigenvalue weighted by Gasteiger charge is 2.15. The molecule has 1 saturated heterocycles. The van der Waals surface area contributed by atoms with E-state index < -0.39 is 18.0 Å². The lowest BCUT2D eigenvalue weighted by Gasteiger charge is -2.27. The van der Waals surface area contributed by atoms with Gasteiger partial charge in [0.2, 0.25) is 0 Å². The quantitative estimate of drug-likeness (QED) is 0.332. The van der Waals surface area contributed by atoms with Crippen molar-refractivity contribution in [1.82, 2.24) is 9.88 Å². The van der Waals surface area contributed by atoms with Gasteiger partial charge in [0.05, 0.1) is 0 Å². The molecule has 2 rings (SSSR count). The van der Waals surface area contributed by atoms with Crippen LogP contribution in [0.25, 0.3) is 0 Å². The Labute approximate surface area is 167 Å². The van der Waals surface area contributed by atoms with Gasteiger partial charge in [0.1, 0.15) is 18.4 Å². The number of oxime groups is 1. The summed E-state index contributed by atoms with van der Waals surface area (Å²) in [5.74, 6) is -2.51. The second kappa shape index (κ2) is 13.6. The summed E-state index contributed by atoms with van der Waals surface area (Å²) >= 11 is 5.95. The minimum atomic E-state index is -1.26. The van der Waals surface area contributed by atoms with Crippen molar-refractivity contribution < 1.29 is 29.7 Å². The van der Waals surface area contributed by atoms with Crippen LogP contribution in [0.15, 0.2) is 41.7 Å². The van der Waals surface area contributed by atoms with Crippen molar-refractivity contribution in [2.24, 2.45) is 5.16 Å². The summed E-state index contributed by atoms with van der Waals surface area (Å²) in [6, 6.07) is 5.38. The number of rotatable bonds is 8. The molecule has 1 atom stereocenters. The van der Waals surface area contributed by atoms with Crippen LogP contribution in [0, 0.1) is 0 Å². The van der Waals surface area contributed by atoms with Crippen LogP contribution in [-0.4, -0.2) is 74.7 Å². The molecule has 1 unspecified atom stereocenters. The molecule has 9 nitrogen and oxygen atoms in total. The third-order valence-electron chi connectivity index (χ3n) is 3.57. The van der Waals surface area contributed by atoms with Crippen LogP contribution in [0.1, 0.15) is 25.0 Å². The number of aliphatic hydroxyl groups excluding tert-OH is 1. The van der Waals surface area contributed by atoms with E-state index in [1.807, 2.05) is 6.07 Å². The summed E-state index contributed by atoms with van der Waals surface area (Å²) in [7, 11) is 0. The number of aromatic nitrogens is 1. The molecular weight excluding hydrogens is 390 g/mol. The fourth-order valence-corrected chi connectivity index (χ4v) is 2.51. The number of likely N-dealkylation sites (tertiary alicyclic amines) is 1. The number of piperidine rings is 1. The van der Waals surface area contributed by atoms with Crippen LogP contribution in [0.5, 0.6) is 0 Å². The van der Waals surface area contributed by atoms with Crippen molar-refractivity contribution in [3.05, 3.63) is 42.2 Å². The van der Waals surface area contributed by atoms with Gasteiger partial charge >= 0.3 is 11.9 Å². The molecule has 0 radical (unpaired) electrons. The lowest BCUT2D eigenvalue weighted by Crippen LogP contribution is -2.38. The Morgan fingerprint density at radius 1 is 1.21 bits per heavy atom. The zero-order valence-electron chi connectivity index (χ0n) is 15.3. The van der Waals surface area contributed by atoms with Gasteiger partial charge in [-0.05, 0) is 38.1 Å². The van der Waals surface area contributed by atoms with Crippen molar-refractivity contribution in [2.75, 3.05) is 26.2 Å². The Morgan fingerprint density at radius 3 is 2.39 bits per heavy atom. The fraction of sp³-hybridized carbons (Fsp3) is 0.444. The monoisotopic (exact) mass is 413 g/mol. The van der Waals surface area contributed by atoms with Gasteiger partial charge in [0.15, 0.2) is 5.17 Å². The van der Waals surface area contributed by atoms with Gasteiger partial charge in [-0.3, -0.25) is 4.98 Å². The number of aliphatic carboxylic acids is 2. The van der Waals surface area contributed by atoms with Gasteiger partial charge in [-0.1, -0.05) is 29.2 Å². The number of halogens is 1. The molecule has 0 aromatic carbocycles. The second-order valence-corrected chi connectivity index (χ2v) is 6.28. The Bertz CT molecular complexity index is 647. The summed E-state index contributed by atoms with van der Waals surface area (Å²) < 4.78 is 0. The van der Waals surface area contributed by atoms with Crippen LogP contribution in [0.2, 0.25) is 0 Å². The number of hydrogen-bond acceptors (Lipinski definition) is 7. The largest absolute Gasteiger partial charge is 0.478 e. The summed E-state index contributed by atoms with van der Waals surface area (Å²) in [5.41, 5.74) is 0.555. The zero-order valence-corrected chi connectivity index (χ0v) is 16.0. The van der Waals surface area contributed by atoms with E-state index in [-0.39, 0.29) is 11.8 Å². The van der Waals surface area contributed by atoms with Crippen LogP contribution in [0.3, 0.4) is 0 Å². The van der Waals surface area contributed by atoms with Crippen LogP contribution >= 0.6 is 11.6 Å². The molecular formula is C18H24ClN3O6. The molecule has 2 heterocycles. The van der Waals surface area contributed by atoms with E-state index in [4.69, 9.17) is 26.7 Å². The number of nitrogens with zero attached hydrogens (tertiary/aromatic N) is 3. The van der Waals surface area contributed by atoms with E-state index in [1.54, 1.807) is 18.3 Å². The minimum absolute atomic E-state index is 0.138. The third kappa shape index (κ3) is 11.3. The molecule has 28 heavy (non-hydrogen) atoms. The number of aliphatic hydroxyl groups is 1. The topological polar surface area (TPSA) is 133 Å². The molecule has 1 aliphatic rings. The molecule has 1 aliphatic heterocycles. The summed E-state index contributed by atoms with van der Waals surface area (Å²) in [6.45, 7) is 2.86. The summed E-state index contributed by atoms with van der Waals surface area (Å²) in [4.78, 5) is 30.5. The molecule has 0 amide bonds. The number of carboxylic acids is 2. The average molecular weight is 414 g/mol. The lowest BCUT2D eigenvalue weighted by atomic mass is 10.1. The van der Waals surface area contributed by atoms with Crippen molar-refractivity contribution in [3.63, 3.8) is 0 Å². The Balaban J connectivity index is 0.000000416. The Morgan fingerprint density at radius 2 is 1.86 bits per heavy atom. The molecule has 0 bridgehead atoms. The van der Waals surface area contributed by atoms with Gasteiger partial charge in [0.25, 0.3) is 0 Å². The van der Waals surface area contributed by atoms with Gasteiger partial charge < -0.3 is 25.1 Å². The van der Waals surface area contributed by atoms with Crippen molar-refractivity contribution in [1.29, 1.82) is 0 Å². The first-order chi connectivity index (χ1) is 13.4. The molecule has 10 heteroatoms. The van der Waals surface area contributed by atoms with E-state index in [9.17, 15) is 14.7 Å². The normalized spacial score (nSPS) is 16.1. The van der Waals surface area contributed by atoms with E-state index in [2.05, 4.69) is 15.0 Å². The molecule has 1 aromatic heterocycles. The Hall–Kier alpha value is -2.49. The standard InChI is InChI=1S/C14H20ClN3O2.C4H4O4/c15-14(13-6-2-3-7-16-13)17-20-11-12(19)10-18-8-4-1-5-9-18;5-3(6)1-2-4(7)8/h2-3,6-7,12,19H,1,4-5,8-11H2;1-2H,(H,5,6)(H,7,8)/b17-14-;2-1-. The number of β-amino-alcohol motifs (C(OH)–C–C–N with tert-alkyl or cyclic N) is 1. The van der Waals surface area contributed by atoms with Crippen molar-refractivity contribution >= 4 is 28.7 Å². The van der Waals surface area contributed by atoms with E-state index >= 15 is 0 Å². The average Bonchev–Trinajstić information content (AvgIpc) is 2.68. The van der Waals surface area contributed by atoms with Crippen LogP contribution < -0.4 is 0 Å². The van der Waals surface area contributed by atoms with Gasteiger partial charge in [-0.15, -0.1) is 0 Å². The first-order valence-electron chi connectivity index (χ1n) is 8.69. The van der Waals surface area contributed by atoms with Crippen molar-refractivity contribution in [3.8, 4) is 0 Å². The molecule has 3 N–H and O–H groups in total. The fourth-order valence-electron chi connectivity index (χ4n) is 2.35. The molecule has 0 saturated carbocycles. The van der Waals surface area contributed by atoms with Crippen molar-refractivity contribution in [2.45, 2.75) is 25.4 Å². The maximum absolute atomic E-state index is 9.89. The van der Waals surface area contributed by atoms with E-state index in [1.165, 1.54) is 19.3 Å².